The predicted octanol–water partition coefficient (Wildman–Crippen LogP) is 4.03. The summed E-state index contributed by atoms with van der Waals surface area (Å²) in [5.41, 5.74) is 3.48. The van der Waals surface area contributed by atoms with Gasteiger partial charge in [0.2, 0.25) is 5.91 Å². The lowest BCUT2D eigenvalue weighted by Gasteiger charge is -2.30. The molecule has 24 heavy (non-hydrogen) atoms. The Morgan fingerprint density at radius 2 is 1.96 bits per heavy atom. The summed E-state index contributed by atoms with van der Waals surface area (Å²) in [5.74, 6) is 0.457. The van der Waals surface area contributed by atoms with Crippen LogP contribution in [0.5, 0.6) is 0 Å². The number of hydrogen-bond donors (Lipinski definition) is 0. The van der Waals surface area contributed by atoms with Crippen molar-refractivity contribution in [2.45, 2.75) is 33.1 Å². The van der Waals surface area contributed by atoms with Crippen molar-refractivity contribution in [3.05, 3.63) is 23.3 Å². The standard InChI is InChI=1S/C18H25N3OS.ClH/c1-12-10-13(2)16-15(11-12)19-18(23-16)21(9-8-20(3)4)17(22)14-6-5-7-14;/h10-11,14H,5-9H2,1-4H3;1H. The molecule has 0 unspecified atom stereocenters. The van der Waals surface area contributed by atoms with E-state index in [4.69, 9.17) is 4.98 Å². The fraction of sp³-hybridized carbons (Fsp3) is 0.556. The van der Waals surface area contributed by atoms with E-state index >= 15 is 0 Å². The highest BCUT2D eigenvalue weighted by Crippen LogP contribution is 2.35. The highest BCUT2D eigenvalue weighted by molar-refractivity contribution is 7.22. The monoisotopic (exact) mass is 367 g/mol. The van der Waals surface area contributed by atoms with Crippen molar-refractivity contribution in [3.8, 4) is 0 Å². The third-order valence-electron chi connectivity index (χ3n) is 4.53. The van der Waals surface area contributed by atoms with Crippen molar-refractivity contribution in [2.24, 2.45) is 5.92 Å². The Bertz CT molecular complexity index is 724. The number of rotatable bonds is 5. The maximum Gasteiger partial charge on any atom is 0.231 e. The number of aryl methyl sites for hydroxylation is 2. The zero-order valence-electron chi connectivity index (χ0n) is 14.8. The van der Waals surface area contributed by atoms with E-state index in [2.05, 4.69) is 30.9 Å². The number of aromatic nitrogens is 1. The summed E-state index contributed by atoms with van der Waals surface area (Å²) in [6, 6.07) is 4.29. The Labute approximate surface area is 154 Å². The van der Waals surface area contributed by atoms with Gasteiger partial charge in [0, 0.05) is 19.0 Å². The molecular formula is C18H26ClN3OS. The van der Waals surface area contributed by atoms with Gasteiger partial charge in [-0.1, -0.05) is 23.8 Å². The summed E-state index contributed by atoms with van der Waals surface area (Å²) in [5, 5.41) is 0.854. The number of thiazole rings is 1. The van der Waals surface area contributed by atoms with Crippen molar-refractivity contribution in [1.82, 2.24) is 9.88 Å². The zero-order chi connectivity index (χ0) is 16.6. The van der Waals surface area contributed by atoms with Crippen molar-refractivity contribution in [2.75, 3.05) is 32.1 Å². The number of fused-ring (bicyclic) bond motifs is 1. The summed E-state index contributed by atoms with van der Waals surface area (Å²) in [6.07, 6.45) is 3.23. The van der Waals surface area contributed by atoms with E-state index in [9.17, 15) is 4.79 Å². The van der Waals surface area contributed by atoms with E-state index < -0.39 is 0 Å². The van der Waals surface area contributed by atoms with Gasteiger partial charge in [-0.3, -0.25) is 9.69 Å². The molecule has 6 heteroatoms. The van der Waals surface area contributed by atoms with Crippen LogP contribution >= 0.6 is 23.7 Å². The van der Waals surface area contributed by atoms with E-state index in [0.717, 1.165) is 30.0 Å². The first kappa shape index (κ1) is 19.2. The number of carbonyl (C=O) groups is 1. The van der Waals surface area contributed by atoms with Crippen molar-refractivity contribution in [1.29, 1.82) is 0 Å². The lowest BCUT2D eigenvalue weighted by molar-refractivity contribution is -0.124. The van der Waals surface area contributed by atoms with Gasteiger partial charge in [0.1, 0.15) is 0 Å². The fourth-order valence-corrected chi connectivity index (χ4v) is 4.00. The van der Waals surface area contributed by atoms with E-state index in [1.54, 1.807) is 11.3 Å². The van der Waals surface area contributed by atoms with Gasteiger partial charge in [-0.25, -0.2) is 4.98 Å². The van der Waals surface area contributed by atoms with Gasteiger partial charge in [0.05, 0.1) is 10.2 Å². The van der Waals surface area contributed by atoms with Crippen LogP contribution in [0.1, 0.15) is 30.4 Å². The minimum atomic E-state index is 0. The molecular weight excluding hydrogens is 342 g/mol. The maximum absolute atomic E-state index is 12.8. The van der Waals surface area contributed by atoms with Crippen LogP contribution in [0, 0.1) is 19.8 Å². The molecule has 0 atom stereocenters. The predicted molar refractivity (Wildman–Crippen MR) is 105 cm³/mol. The average molecular weight is 368 g/mol. The Hall–Kier alpha value is -1.17. The summed E-state index contributed by atoms with van der Waals surface area (Å²) in [6.45, 7) is 5.77. The van der Waals surface area contributed by atoms with E-state index in [1.165, 1.54) is 22.2 Å². The van der Waals surface area contributed by atoms with Crippen LogP contribution in [0.4, 0.5) is 5.13 Å². The summed E-state index contributed by atoms with van der Waals surface area (Å²) >= 11 is 1.65. The number of hydrogen-bond acceptors (Lipinski definition) is 4. The van der Waals surface area contributed by atoms with Crippen LogP contribution in [0.2, 0.25) is 0 Å². The number of anilines is 1. The third kappa shape index (κ3) is 3.90. The van der Waals surface area contributed by atoms with Crippen LogP contribution in [-0.2, 0) is 4.79 Å². The molecule has 3 rings (SSSR count). The van der Waals surface area contributed by atoms with Gasteiger partial charge in [0.15, 0.2) is 5.13 Å². The SMILES string of the molecule is Cc1cc(C)c2sc(N(CCN(C)C)C(=O)C3CCC3)nc2c1.Cl. The molecule has 1 aromatic carbocycles. The van der Waals surface area contributed by atoms with E-state index in [-0.39, 0.29) is 24.2 Å². The molecule has 132 valence electrons. The summed E-state index contributed by atoms with van der Waals surface area (Å²) < 4.78 is 1.20. The Morgan fingerprint density at radius 1 is 1.25 bits per heavy atom. The first-order valence-electron chi connectivity index (χ1n) is 8.29. The molecule has 0 aliphatic heterocycles. The number of nitrogens with zero attached hydrogens (tertiary/aromatic N) is 3. The number of likely N-dealkylation sites (N-methyl/N-ethyl adjacent to an activating group) is 1. The normalized spacial score (nSPS) is 14.5. The smallest absolute Gasteiger partial charge is 0.231 e. The van der Waals surface area contributed by atoms with E-state index in [1.807, 2.05) is 19.0 Å². The molecule has 0 bridgehead atoms. The molecule has 1 heterocycles. The molecule has 1 aliphatic rings. The molecule has 1 saturated carbocycles. The minimum absolute atomic E-state index is 0. The Balaban J connectivity index is 0.00000208. The molecule has 1 amide bonds. The highest BCUT2D eigenvalue weighted by Gasteiger charge is 2.31. The maximum atomic E-state index is 12.8. The number of halogens is 1. The second kappa shape index (κ2) is 7.81. The largest absolute Gasteiger partial charge is 0.308 e. The van der Waals surface area contributed by atoms with Gasteiger partial charge < -0.3 is 4.90 Å². The van der Waals surface area contributed by atoms with Crippen molar-refractivity contribution >= 4 is 45.0 Å². The number of benzene rings is 1. The molecule has 0 N–H and O–H groups in total. The van der Waals surface area contributed by atoms with Gasteiger partial charge in [0.25, 0.3) is 0 Å². The van der Waals surface area contributed by atoms with E-state index in [0.29, 0.717) is 6.54 Å². The summed E-state index contributed by atoms with van der Waals surface area (Å²) in [4.78, 5) is 21.7. The van der Waals surface area contributed by atoms with Crippen molar-refractivity contribution in [3.63, 3.8) is 0 Å². The number of amides is 1. The first-order chi connectivity index (χ1) is 11.0. The van der Waals surface area contributed by atoms with Crippen molar-refractivity contribution < 1.29 is 4.79 Å². The molecule has 0 radical (unpaired) electrons. The van der Waals surface area contributed by atoms with Gasteiger partial charge in [-0.05, 0) is 58.0 Å². The summed E-state index contributed by atoms with van der Waals surface area (Å²) in [7, 11) is 4.08. The Kier molecular flexibility index (Phi) is 6.23. The van der Waals surface area contributed by atoms with Crippen LogP contribution in [-0.4, -0.2) is 43.0 Å². The van der Waals surface area contributed by atoms with Crippen LogP contribution in [0.3, 0.4) is 0 Å². The zero-order valence-corrected chi connectivity index (χ0v) is 16.5. The molecule has 0 saturated heterocycles. The lowest BCUT2D eigenvalue weighted by Crippen LogP contribution is -2.42. The van der Waals surface area contributed by atoms with Gasteiger partial charge >= 0.3 is 0 Å². The topological polar surface area (TPSA) is 36.4 Å². The quantitative estimate of drug-likeness (QED) is 0.800. The Morgan fingerprint density at radius 3 is 2.54 bits per heavy atom. The minimum Gasteiger partial charge on any atom is -0.308 e. The van der Waals surface area contributed by atoms with Gasteiger partial charge in [-0.15, -0.1) is 12.4 Å². The molecule has 1 fully saturated rings. The highest BCUT2D eigenvalue weighted by atomic mass is 35.5. The first-order valence-corrected chi connectivity index (χ1v) is 9.11. The molecule has 4 nitrogen and oxygen atoms in total. The molecule has 1 aromatic heterocycles. The molecule has 0 spiro atoms. The fourth-order valence-electron chi connectivity index (χ4n) is 2.96. The third-order valence-corrected chi connectivity index (χ3v) is 5.76. The van der Waals surface area contributed by atoms with Crippen LogP contribution < -0.4 is 4.90 Å². The van der Waals surface area contributed by atoms with Crippen LogP contribution in [0.25, 0.3) is 10.2 Å². The van der Waals surface area contributed by atoms with Gasteiger partial charge in [-0.2, -0.15) is 0 Å². The average Bonchev–Trinajstić information content (AvgIpc) is 2.80. The van der Waals surface area contributed by atoms with Crippen LogP contribution in [0.15, 0.2) is 12.1 Å². The molecule has 1 aliphatic carbocycles. The lowest BCUT2D eigenvalue weighted by atomic mass is 9.84. The molecule has 2 aromatic rings. The number of carbonyl (C=O) groups excluding carboxylic acids is 1. The second-order valence-corrected chi connectivity index (χ2v) is 7.83. The second-order valence-electron chi connectivity index (χ2n) is 6.85.